The topological polar surface area (TPSA) is 69.6 Å². The van der Waals surface area contributed by atoms with E-state index in [1.165, 1.54) is 11.8 Å². The third kappa shape index (κ3) is 5.25. The average Bonchev–Trinajstić information content (AvgIpc) is 2.24. The van der Waals surface area contributed by atoms with E-state index in [9.17, 15) is 9.59 Å². The Morgan fingerprint density at radius 3 is 2.44 bits per heavy atom. The number of nitrogens with zero attached hydrogens (tertiary/aromatic N) is 1. The number of carbonyl (C=O) groups excluding carboxylic acids is 1. The molecule has 0 fully saturated rings. The van der Waals surface area contributed by atoms with Crippen molar-refractivity contribution in [3.8, 4) is 0 Å². The van der Waals surface area contributed by atoms with Crippen LogP contribution in [0.3, 0.4) is 0 Å². The maximum Gasteiger partial charge on any atom is 0.325 e. The minimum atomic E-state index is -1.03. The molecule has 0 saturated carbocycles. The Morgan fingerprint density at radius 1 is 1.44 bits per heavy atom. The van der Waals surface area contributed by atoms with E-state index in [-0.39, 0.29) is 12.1 Å². The summed E-state index contributed by atoms with van der Waals surface area (Å²) >= 11 is 1.73. The molecule has 0 aromatic carbocycles. The molecule has 2 N–H and O–H groups in total. The smallest absolute Gasteiger partial charge is 0.325 e. The van der Waals surface area contributed by atoms with Gasteiger partial charge in [-0.3, -0.25) is 4.79 Å². The normalized spacial score (nSPS) is 14.0. The SMILES string of the molecule is CSCCC(C)N(C)C(=O)NC(C)C(=O)O. The number of carboxylic acid groups (broad SMARTS) is 1. The van der Waals surface area contributed by atoms with Gasteiger partial charge in [0.2, 0.25) is 0 Å². The van der Waals surface area contributed by atoms with E-state index in [1.54, 1.807) is 18.8 Å². The van der Waals surface area contributed by atoms with E-state index in [4.69, 9.17) is 5.11 Å². The first-order valence-electron chi connectivity index (χ1n) is 5.15. The van der Waals surface area contributed by atoms with Crippen molar-refractivity contribution in [3.05, 3.63) is 0 Å². The maximum atomic E-state index is 11.6. The molecule has 0 aromatic rings. The molecule has 0 aromatic heterocycles. The predicted octanol–water partition coefficient (Wildman–Crippen LogP) is 1.24. The number of thioether (sulfide) groups is 1. The summed E-state index contributed by atoms with van der Waals surface area (Å²) in [4.78, 5) is 23.7. The van der Waals surface area contributed by atoms with Crippen LogP contribution in [0.15, 0.2) is 0 Å². The van der Waals surface area contributed by atoms with Crippen LogP contribution in [0.25, 0.3) is 0 Å². The lowest BCUT2D eigenvalue weighted by Gasteiger charge is -2.26. The summed E-state index contributed by atoms with van der Waals surface area (Å²) in [6.45, 7) is 3.39. The van der Waals surface area contributed by atoms with Gasteiger partial charge in [-0.05, 0) is 32.3 Å². The fourth-order valence-corrected chi connectivity index (χ4v) is 1.61. The van der Waals surface area contributed by atoms with E-state index in [0.29, 0.717) is 0 Å². The van der Waals surface area contributed by atoms with Gasteiger partial charge in [-0.2, -0.15) is 11.8 Å². The Hall–Kier alpha value is -0.910. The maximum absolute atomic E-state index is 11.6. The fourth-order valence-electron chi connectivity index (χ4n) is 1.03. The zero-order valence-corrected chi connectivity index (χ0v) is 11.0. The van der Waals surface area contributed by atoms with Crippen LogP contribution in [0.2, 0.25) is 0 Å². The second-order valence-corrected chi connectivity index (χ2v) is 4.74. The van der Waals surface area contributed by atoms with E-state index >= 15 is 0 Å². The minimum absolute atomic E-state index is 0.105. The zero-order chi connectivity index (χ0) is 12.7. The summed E-state index contributed by atoms with van der Waals surface area (Å²) in [5.41, 5.74) is 0. The number of hydrogen-bond donors (Lipinski definition) is 2. The lowest BCUT2D eigenvalue weighted by atomic mass is 10.2. The Balaban J connectivity index is 4.11. The first kappa shape index (κ1) is 15.1. The van der Waals surface area contributed by atoms with Gasteiger partial charge in [0, 0.05) is 13.1 Å². The van der Waals surface area contributed by atoms with Crippen LogP contribution in [0.5, 0.6) is 0 Å². The zero-order valence-electron chi connectivity index (χ0n) is 10.2. The van der Waals surface area contributed by atoms with Gasteiger partial charge in [0.15, 0.2) is 0 Å². The molecule has 0 spiro atoms. The van der Waals surface area contributed by atoms with Crippen molar-refractivity contribution in [2.75, 3.05) is 19.1 Å². The lowest BCUT2D eigenvalue weighted by molar-refractivity contribution is -0.138. The lowest BCUT2D eigenvalue weighted by Crippen LogP contribution is -2.48. The van der Waals surface area contributed by atoms with Gasteiger partial charge in [0.1, 0.15) is 6.04 Å². The highest BCUT2D eigenvalue weighted by atomic mass is 32.2. The molecule has 0 rings (SSSR count). The highest BCUT2D eigenvalue weighted by Gasteiger charge is 2.19. The summed E-state index contributed by atoms with van der Waals surface area (Å²) in [6, 6.07) is -1.10. The first-order valence-corrected chi connectivity index (χ1v) is 6.54. The van der Waals surface area contributed by atoms with Gasteiger partial charge in [0.25, 0.3) is 0 Å². The van der Waals surface area contributed by atoms with E-state index in [2.05, 4.69) is 5.32 Å². The van der Waals surface area contributed by atoms with Gasteiger partial charge < -0.3 is 15.3 Å². The molecule has 2 unspecified atom stereocenters. The minimum Gasteiger partial charge on any atom is -0.480 e. The molecule has 16 heavy (non-hydrogen) atoms. The number of carboxylic acids is 1. The van der Waals surface area contributed by atoms with Gasteiger partial charge in [0.05, 0.1) is 0 Å². The number of urea groups is 1. The van der Waals surface area contributed by atoms with Gasteiger partial charge in [-0.25, -0.2) is 4.79 Å². The van der Waals surface area contributed by atoms with Crippen LogP contribution >= 0.6 is 11.8 Å². The van der Waals surface area contributed by atoms with Crippen LogP contribution in [0.1, 0.15) is 20.3 Å². The molecular weight excluding hydrogens is 228 g/mol. The molecule has 0 saturated heterocycles. The Kier molecular flexibility index (Phi) is 6.96. The Labute approximate surface area is 101 Å². The number of aliphatic carboxylic acids is 1. The molecule has 2 amide bonds. The molecule has 0 heterocycles. The van der Waals surface area contributed by atoms with E-state index < -0.39 is 12.0 Å². The fraction of sp³-hybridized carbons (Fsp3) is 0.800. The van der Waals surface area contributed by atoms with Crippen LogP contribution in [-0.4, -0.2) is 53.1 Å². The Morgan fingerprint density at radius 2 is 2.00 bits per heavy atom. The molecule has 94 valence electrons. The van der Waals surface area contributed by atoms with Crippen molar-refractivity contribution in [2.45, 2.75) is 32.4 Å². The third-order valence-corrected chi connectivity index (χ3v) is 3.08. The molecule has 0 aliphatic heterocycles. The van der Waals surface area contributed by atoms with Crippen molar-refractivity contribution in [2.24, 2.45) is 0 Å². The molecule has 0 bridgehead atoms. The number of rotatable bonds is 6. The molecule has 0 radical (unpaired) electrons. The van der Waals surface area contributed by atoms with Crippen LogP contribution in [-0.2, 0) is 4.79 Å². The van der Waals surface area contributed by atoms with Crippen LogP contribution in [0, 0.1) is 0 Å². The summed E-state index contributed by atoms with van der Waals surface area (Å²) in [5, 5.41) is 11.1. The summed E-state index contributed by atoms with van der Waals surface area (Å²) in [7, 11) is 1.68. The van der Waals surface area contributed by atoms with Gasteiger partial charge >= 0.3 is 12.0 Å². The molecule has 5 nitrogen and oxygen atoms in total. The monoisotopic (exact) mass is 248 g/mol. The largest absolute Gasteiger partial charge is 0.480 e. The van der Waals surface area contributed by atoms with E-state index in [0.717, 1.165) is 12.2 Å². The van der Waals surface area contributed by atoms with E-state index in [1.807, 2.05) is 13.2 Å². The number of carbonyl (C=O) groups is 2. The predicted molar refractivity (Wildman–Crippen MR) is 65.9 cm³/mol. The highest BCUT2D eigenvalue weighted by molar-refractivity contribution is 7.98. The van der Waals surface area contributed by atoms with Crippen LogP contribution < -0.4 is 5.32 Å². The average molecular weight is 248 g/mol. The Bertz CT molecular complexity index is 248. The number of nitrogens with one attached hydrogen (secondary N) is 1. The van der Waals surface area contributed by atoms with Crippen molar-refractivity contribution < 1.29 is 14.7 Å². The second kappa shape index (κ2) is 7.38. The number of hydrogen-bond acceptors (Lipinski definition) is 3. The summed E-state index contributed by atoms with van der Waals surface area (Å²) in [6.07, 6.45) is 2.91. The third-order valence-electron chi connectivity index (χ3n) is 2.43. The number of amides is 2. The standard InChI is InChI=1S/C10H20N2O3S/c1-7(5-6-16-4)12(3)10(15)11-8(2)9(13)14/h7-8H,5-6H2,1-4H3,(H,11,15)(H,13,14). The summed E-state index contributed by atoms with van der Waals surface area (Å²) < 4.78 is 0. The van der Waals surface area contributed by atoms with Gasteiger partial charge in [-0.1, -0.05) is 0 Å². The van der Waals surface area contributed by atoms with Gasteiger partial charge in [-0.15, -0.1) is 0 Å². The molecule has 6 heteroatoms. The molecule has 0 aliphatic rings. The molecule has 2 atom stereocenters. The van der Waals surface area contributed by atoms with Crippen molar-refractivity contribution in [3.63, 3.8) is 0 Å². The summed E-state index contributed by atoms with van der Waals surface area (Å²) in [5.74, 6) is -0.0497. The second-order valence-electron chi connectivity index (χ2n) is 3.75. The first-order chi connectivity index (χ1) is 7.40. The highest BCUT2D eigenvalue weighted by Crippen LogP contribution is 2.06. The quantitative estimate of drug-likeness (QED) is 0.742. The van der Waals surface area contributed by atoms with Crippen molar-refractivity contribution in [1.29, 1.82) is 0 Å². The molecular formula is C10H20N2O3S. The molecule has 0 aliphatic carbocycles. The van der Waals surface area contributed by atoms with Crippen molar-refractivity contribution >= 4 is 23.8 Å². The van der Waals surface area contributed by atoms with Crippen molar-refractivity contribution in [1.82, 2.24) is 10.2 Å². The van der Waals surface area contributed by atoms with Crippen LogP contribution in [0.4, 0.5) is 4.79 Å².